The van der Waals surface area contributed by atoms with Gasteiger partial charge >= 0.3 is 0 Å². The van der Waals surface area contributed by atoms with E-state index in [1.807, 2.05) is 12.1 Å². The maximum Gasteiger partial charge on any atom is 0.143 e. The summed E-state index contributed by atoms with van der Waals surface area (Å²) in [6.45, 7) is 0. The Hall–Kier alpha value is -6.68. The van der Waals surface area contributed by atoms with Crippen molar-refractivity contribution in [1.82, 2.24) is 0 Å². The summed E-state index contributed by atoms with van der Waals surface area (Å²) in [5.74, 6) is 0. The van der Waals surface area contributed by atoms with E-state index < -0.39 is 0 Å². The van der Waals surface area contributed by atoms with Crippen LogP contribution in [0.1, 0.15) is 0 Å². The normalized spacial score (nSPS) is 11.4. The molecule has 0 bridgehead atoms. The van der Waals surface area contributed by atoms with Crippen LogP contribution in [0.4, 0.5) is 17.1 Å². The summed E-state index contributed by atoms with van der Waals surface area (Å²) in [6, 6.07) is 73.5. The average Bonchev–Trinajstić information content (AvgIpc) is 3.64. The maximum atomic E-state index is 6.39. The minimum absolute atomic E-state index is 0.904. The quantitative estimate of drug-likeness (QED) is 0.161. The summed E-state index contributed by atoms with van der Waals surface area (Å²) in [6.07, 6.45) is 0. The Morgan fingerprint density at radius 2 is 0.855 bits per heavy atom. The lowest BCUT2D eigenvalue weighted by Gasteiger charge is -2.26. The number of para-hydroxylation sites is 2. The van der Waals surface area contributed by atoms with Gasteiger partial charge in [-0.1, -0.05) is 180 Å². The van der Waals surface area contributed by atoms with Crippen molar-refractivity contribution in [1.29, 1.82) is 0 Å². The van der Waals surface area contributed by atoms with Gasteiger partial charge in [0.15, 0.2) is 0 Å². The number of halogens is 1. The van der Waals surface area contributed by atoms with Gasteiger partial charge in [-0.3, -0.25) is 0 Å². The van der Waals surface area contributed by atoms with E-state index in [4.69, 9.17) is 4.42 Å². The molecule has 0 atom stereocenters. The minimum Gasteiger partial charge on any atom is -0.455 e. The number of fused-ring (bicyclic) bond motifs is 4. The Labute approximate surface area is 328 Å². The van der Waals surface area contributed by atoms with Crippen molar-refractivity contribution < 1.29 is 4.42 Å². The molecule has 2 nitrogen and oxygen atoms in total. The first kappa shape index (κ1) is 32.9. The highest BCUT2D eigenvalue weighted by atomic mass is 79.9. The van der Waals surface area contributed by atoms with Gasteiger partial charge in [-0.15, -0.1) is 0 Å². The predicted molar refractivity (Wildman–Crippen MR) is 235 cm³/mol. The van der Waals surface area contributed by atoms with Crippen molar-refractivity contribution in [3.8, 4) is 44.5 Å². The molecule has 9 aromatic carbocycles. The first-order valence-electron chi connectivity index (χ1n) is 18.5. The van der Waals surface area contributed by atoms with Crippen LogP contribution in [0.5, 0.6) is 0 Å². The zero-order valence-electron chi connectivity index (χ0n) is 29.9. The highest BCUT2D eigenvalue weighted by molar-refractivity contribution is 9.10. The number of hydrogen-bond acceptors (Lipinski definition) is 2. The van der Waals surface area contributed by atoms with Gasteiger partial charge in [0, 0.05) is 37.9 Å². The second kappa shape index (κ2) is 13.9. The number of hydrogen-bond donors (Lipinski definition) is 0. The van der Waals surface area contributed by atoms with Crippen molar-refractivity contribution >= 4 is 65.7 Å². The van der Waals surface area contributed by atoms with Crippen molar-refractivity contribution in [3.05, 3.63) is 211 Å². The van der Waals surface area contributed by atoms with Crippen LogP contribution < -0.4 is 4.90 Å². The number of rotatable bonds is 7. The molecule has 0 fully saturated rings. The van der Waals surface area contributed by atoms with Crippen LogP contribution >= 0.6 is 15.9 Å². The Balaban J connectivity index is 1.01. The van der Waals surface area contributed by atoms with Crippen LogP contribution in [0.25, 0.3) is 77.2 Å². The second-order valence-electron chi connectivity index (χ2n) is 13.8. The van der Waals surface area contributed by atoms with Crippen molar-refractivity contribution in [2.45, 2.75) is 0 Å². The molecule has 0 aliphatic rings. The molecular weight excluding hydrogens is 734 g/mol. The molecule has 0 saturated heterocycles. The van der Waals surface area contributed by atoms with E-state index >= 15 is 0 Å². The fourth-order valence-electron chi connectivity index (χ4n) is 7.83. The lowest BCUT2D eigenvalue weighted by molar-refractivity contribution is 0.670. The molecule has 0 amide bonds. The van der Waals surface area contributed by atoms with Gasteiger partial charge in [0.25, 0.3) is 0 Å². The number of furan rings is 1. The second-order valence-corrected chi connectivity index (χ2v) is 14.7. The van der Waals surface area contributed by atoms with Gasteiger partial charge in [-0.05, 0) is 92.2 Å². The molecule has 3 heteroatoms. The van der Waals surface area contributed by atoms with Gasteiger partial charge in [-0.2, -0.15) is 0 Å². The molecule has 1 heterocycles. The number of anilines is 3. The average molecular weight is 769 g/mol. The Kier molecular flexibility index (Phi) is 8.35. The summed E-state index contributed by atoms with van der Waals surface area (Å²) >= 11 is 3.92. The molecule has 260 valence electrons. The molecule has 1 aromatic heterocycles. The van der Waals surface area contributed by atoms with E-state index in [0.717, 1.165) is 60.2 Å². The van der Waals surface area contributed by atoms with Crippen LogP contribution in [-0.2, 0) is 0 Å². The highest BCUT2D eigenvalue weighted by Gasteiger charge is 2.17. The molecule has 10 aromatic rings. The molecule has 0 spiro atoms. The van der Waals surface area contributed by atoms with Gasteiger partial charge in [0.05, 0.1) is 0 Å². The highest BCUT2D eigenvalue weighted by Crippen LogP contribution is 2.42. The summed E-state index contributed by atoms with van der Waals surface area (Å²) in [5.41, 5.74) is 14.3. The van der Waals surface area contributed by atoms with Crippen LogP contribution in [-0.4, -0.2) is 0 Å². The van der Waals surface area contributed by atoms with Crippen molar-refractivity contribution in [2.24, 2.45) is 0 Å². The topological polar surface area (TPSA) is 16.4 Å². The molecule has 0 aliphatic carbocycles. The van der Waals surface area contributed by atoms with E-state index in [1.165, 1.54) is 38.6 Å². The van der Waals surface area contributed by atoms with E-state index in [0.29, 0.717) is 0 Å². The predicted octanol–water partition coefficient (Wildman–Crippen LogP) is 15.6. The van der Waals surface area contributed by atoms with E-state index in [9.17, 15) is 0 Å². The monoisotopic (exact) mass is 767 g/mol. The molecule has 0 aliphatic heterocycles. The minimum atomic E-state index is 0.904. The molecule has 0 radical (unpaired) electrons. The van der Waals surface area contributed by atoms with Crippen LogP contribution in [0, 0.1) is 0 Å². The summed E-state index contributed by atoms with van der Waals surface area (Å²) in [4.78, 5) is 2.32. The third kappa shape index (κ3) is 6.09. The van der Waals surface area contributed by atoms with Crippen LogP contribution in [0.3, 0.4) is 0 Å². The van der Waals surface area contributed by atoms with Crippen molar-refractivity contribution in [3.63, 3.8) is 0 Å². The molecule has 55 heavy (non-hydrogen) atoms. The van der Waals surface area contributed by atoms with Gasteiger partial charge in [0.2, 0.25) is 0 Å². The fraction of sp³-hybridized carbons (Fsp3) is 0. The third-order valence-electron chi connectivity index (χ3n) is 10.6. The lowest BCUT2D eigenvalue weighted by Crippen LogP contribution is -2.10. The zero-order chi connectivity index (χ0) is 36.7. The molecule has 10 rings (SSSR count). The zero-order valence-corrected chi connectivity index (χ0v) is 31.4. The van der Waals surface area contributed by atoms with Gasteiger partial charge in [-0.25, -0.2) is 0 Å². The van der Waals surface area contributed by atoms with E-state index in [2.05, 4.69) is 215 Å². The fourth-order valence-corrected chi connectivity index (χ4v) is 8.42. The standard InChI is InChI=1S/C52H34BrNO/c53-50-34-43(32-33-46(50)38-10-2-1-3-11-38)54(42-30-26-40(27-31-42)47-17-9-18-49-48-15-6-7-19-51(48)55-52(47)49)41-28-24-36(25-29-41)35-20-22-39(23-21-35)45-16-8-13-37-12-4-5-14-44(37)45/h1-34H. The molecule has 0 unspecified atom stereocenters. The summed E-state index contributed by atoms with van der Waals surface area (Å²) in [7, 11) is 0. The Morgan fingerprint density at radius 3 is 1.60 bits per heavy atom. The van der Waals surface area contributed by atoms with Gasteiger partial charge < -0.3 is 9.32 Å². The van der Waals surface area contributed by atoms with E-state index in [-0.39, 0.29) is 0 Å². The molecule has 0 saturated carbocycles. The first-order chi connectivity index (χ1) is 27.2. The Morgan fingerprint density at radius 1 is 0.345 bits per heavy atom. The first-order valence-corrected chi connectivity index (χ1v) is 19.3. The SMILES string of the molecule is Brc1cc(N(c2ccc(-c3ccc(-c4cccc5ccccc45)cc3)cc2)c2ccc(-c3cccc4c3oc3ccccc34)cc2)ccc1-c1ccccc1. The van der Waals surface area contributed by atoms with Crippen molar-refractivity contribution in [2.75, 3.05) is 4.90 Å². The largest absolute Gasteiger partial charge is 0.455 e. The van der Waals surface area contributed by atoms with Gasteiger partial charge in [0.1, 0.15) is 11.2 Å². The third-order valence-corrected chi connectivity index (χ3v) is 11.2. The maximum absolute atomic E-state index is 6.39. The lowest BCUT2D eigenvalue weighted by atomic mass is 9.96. The summed E-state index contributed by atoms with van der Waals surface area (Å²) in [5, 5.41) is 4.79. The van der Waals surface area contributed by atoms with Crippen LogP contribution in [0.2, 0.25) is 0 Å². The van der Waals surface area contributed by atoms with Crippen LogP contribution in [0.15, 0.2) is 215 Å². The molecular formula is C52H34BrNO. The summed E-state index contributed by atoms with van der Waals surface area (Å²) < 4.78 is 7.43. The number of benzene rings is 9. The Bertz CT molecular complexity index is 2960. The number of nitrogens with zero attached hydrogens (tertiary/aromatic N) is 1. The smallest absolute Gasteiger partial charge is 0.143 e. The molecule has 0 N–H and O–H groups in total. The van der Waals surface area contributed by atoms with E-state index in [1.54, 1.807) is 0 Å².